The number of hydrogen-bond donors (Lipinski definition) is 1. The van der Waals surface area contributed by atoms with Crippen LogP contribution in [0.25, 0.3) is 0 Å². The third-order valence-electron chi connectivity index (χ3n) is 1.11. The Balaban J connectivity index is 0.00000121. The van der Waals surface area contributed by atoms with Crippen molar-refractivity contribution in [3.63, 3.8) is 0 Å². The number of halogens is 3. The molecule has 12 heavy (non-hydrogen) atoms. The molecule has 0 aromatic heterocycles. The highest BCUT2D eigenvalue weighted by molar-refractivity contribution is 8.93. The minimum atomic E-state index is -1.03. The number of hydrogen-bond acceptors (Lipinski definition) is 1. The van der Waals surface area contributed by atoms with Gasteiger partial charge in [0.15, 0.2) is 0 Å². The third kappa shape index (κ3) is 3.01. The average Bonchev–Trinajstić information content (AvgIpc) is 1.85. The molecule has 0 unspecified atom stereocenters. The molecule has 0 aliphatic rings. The first-order valence-electron chi connectivity index (χ1n) is 2.79. The Labute approximate surface area is 89.9 Å². The quantitative estimate of drug-likeness (QED) is 0.851. The highest BCUT2D eigenvalue weighted by Crippen LogP contribution is 2.18. The van der Waals surface area contributed by atoms with Crippen LogP contribution in [-0.2, 0) is 0 Å². The van der Waals surface area contributed by atoms with Crippen LogP contribution in [0.4, 0.5) is 0 Å². The van der Waals surface area contributed by atoms with Gasteiger partial charge in [0, 0.05) is 10.0 Å². The molecule has 0 atom stereocenters. The second-order valence-electron chi connectivity index (χ2n) is 1.96. The van der Waals surface area contributed by atoms with Crippen LogP contribution in [0.5, 0.6) is 0 Å². The van der Waals surface area contributed by atoms with Crippen molar-refractivity contribution < 1.29 is 9.90 Å². The Morgan fingerprint density at radius 2 is 1.58 bits per heavy atom. The normalized spacial score (nSPS) is 8.83. The summed E-state index contributed by atoms with van der Waals surface area (Å²) in [5, 5.41) is 9.17. The van der Waals surface area contributed by atoms with Gasteiger partial charge in [0.1, 0.15) is 0 Å². The standard InChI is InChI=1S/C7H4Cl2O2.BrH/c8-5-1-4(7(10)11)2-6(9)3-5;/h1-3H,(H,10,11);1H. The summed E-state index contributed by atoms with van der Waals surface area (Å²) < 4.78 is 0. The Bertz CT molecular complexity index is 281. The fourth-order valence-electron chi connectivity index (χ4n) is 0.677. The zero-order valence-electron chi connectivity index (χ0n) is 5.75. The van der Waals surface area contributed by atoms with Gasteiger partial charge < -0.3 is 5.11 Å². The molecule has 1 rings (SSSR count). The smallest absolute Gasteiger partial charge is 0.335 e. The van der Waals surface area contributed by atoms with Gasteiger partial charge in [0.25, 0.3) is 0 Å². The van der Waals surface area contributed by atoms with E-state index in [9.17, 15) is 4.79 Å². The van der Waals surface area contributed by atoms with Crippen molar-refractivity contribution >= 4 is 46.2 Å². The molecule has 0 fully saturated rings. The Morgan fingerprint density at radius 3 is 1.92 bits per heavy atom. The van der Waals surface area contributed by atoms with Gasteiger partial charge in [0.2, 0.25) is 0 Å². The zero-order chi connectivity index (χ0) is 8.43. The van der Waals surface area contributed by atoms with Crippen LogP contribution >= 0.6 is 40.2 Å². The fraction of sp³-hybridized carbons (Fsp3) is 0. The number of aromatic carboxylic acids is 1. The highest BCUT2D eigenvalue weighted by Gasteiger charge is 2.04. The maximum Gasteiger partial charge on any atom is 0.335 e. The minimum Gasteiger partial charge on any atom is -0.478 e. The first-order valence-corrected chi connectivity index (χ1v) is 3.54. The molecule has 0 heterocycles. The van der Waals surface area contributed by atoms with E-state index in [-0.39, 0.29) is 22.5 Å². The fourth-order valence-corrected chi connectivity index (χ4v) is 1.20. The van der Waals surface area contributed by atoms with E-state index >= 15 is 0 Å². The van der Waals surface area contributed by atoms with Gasteiger partial charge in [-0.25, -0.2) is 4.79 Å². The average molecular weight is 272 g/mol. The van der Waals surface area contributed by atoms with Crippen LogP contribution in [0, 0.1) is 0 Å². The maximum atomic E-state index is 10.4. The van der Waals surface area contributed by atoms with Gasteiger partial charge in [-0.05, 0) is 18.2 Å². The van der Waals surface area contributed by atoms with E-state index in [2.05, 4.69) is 0 Å². The first kappa shape index (κ1) is 11.8. The predicted octanol–water partition coefficient (Wildman–Crippen LogP) is 3.27. The lowest BCUT2D eigenvalue weighted by atomic mass is 10.2. The summed E-state index contributed by atoms with van der Waals surface area (Å²) in [6.45, 7) is 0. The summed E-state index contributed by atoms with van der Waals surface area (Å²) in [7, 11) is 0. The van der Waals surface area contributed by atoms with Crippen molar-refractivity contribution in [2.45, 2.75) is 0 Å². The molecule has 0 amide bonds. The molecule has 5 heteroatoms. The van der Waals surface area contributed by atoms with Crippen molar-refractivity contribution in [2.75, 3.05) is 0 Å². The SMILES string of the molecule is Br.O=C(O)c1cc(Cl)cc(Cl)c1. The molecule has 0 aliphatic carbocycles. The molecule has 0 aliphatic heterocycles. The number of carboxylic acid groups (broad SMARTS) is 1. The van der Waals surface area contributed by atoms with E-state index in [0.717, 1.165) is 0 Å². The molecule has 66 valence electrons. The summed E-state index contributed by atoms with van der Waals surface area (Å²) in [4.78, 5) is 10.4. The molecule has 0 saturated carbocycles. The Kier molecular flexibility index (Phi) is 4.60. The van der Waals surface area contributed by atoms with E-state index in [1.165, 1.54) is 18.2 Å². The van der Waals surface area contributed by atoms with Crippen LogP contribution in [0.3, 0.4) is 0 Å². The lowest BCUT2D eigenvalue weighted by molar-refractivity contribution is 0.0697. The zero-order valence-corrected chi connectivity index (χ0v) is 8.98. The van der Waals surface area contributed by atoms with Crippen LogP contribution in [0.2, 0.25) is 10.0 Å². The van der Waals surface area contributed by atoms with E-state index in [1.807, 2.05) is 0 Å². The minimum absolute atomic E-state index is 0. The molecule has 1 aromatic carbocycles. The van der Waals surface area contributed by atoms with Gasteiger partial charge in [-0.15, -0.1) is 17.0 Å². The molecule has 0 radical (unpaired) electrons. The Morgan fingerprint density at radius 1 is 1.17 bits per heavy atom. The van der Waals surface area contributed by atoms with Crippen molar-refractivity contribution in [3.8, 4) is 0 Å². The number of carbonyl (C=O) groups is 1. The van der Waals surface area contributed by atoms with Crippen molar-refractivity contribution in [3.05, 3.63) is 33.8 Å². The van der Waals surface area contributed by atoms with E-state index < -0.39 is 5.97 Å². The maximum absolute atomic E-state index is 10.4. The molecule has 0 spiro atoms. The van der Waals surface area contributed by atoms with Crippen LogP contribution in [0.15, 0.2) is 18.2 Å². The molecule has 1 N–H and O–H groups in total. The van der Waals surface area contributed by atoms with Crippen LogP contribution < -0.4 is 0 Å². The second-order valence-corrected chi connectivity index (χ2v) is 2.84. The predicted molar refractivity (Wildman–Crippen MR) is 53.7 cm³/mol. The molecular weight excluding hydrogens is 267 g/mol. The van der Waals surface area contributed by atoms with E-state index in [4.69, 9.17) is 28.3 Å². The monoisotopic (exact) mass is 270 g/mol. The molecular formula is C7H5BrCl2O2. The summed E-state index contributed by atoms with van der Waals surface area (Å²) in [6, 6.07) is 4.17. The molecule has 2 nitrogen and oxygen atoms in total. The van der Waals surface area contributed by atoms with Crippen molar-refractivity contribution in [1.29, 1.82) is 0 Å². The molecule has 0 bridgehead atoms. The van der Waals surface area contributed by atoms with E-state index in [1.54, 1.807) is 0 Å². The van der Waals surface area contributed by atoms with Gasteiger partial charge in [-0.3, -0.25) is 0 Å². The first-order chi connectivity index (χ1) is 5.09. The van der Waals surface area contributed by atoms with Gasteiger partial charge >= 0.3 is 5.97 Å². The third-order valence-corrected chi connectivity index (χ3v) is 1.55. The largest absolute Gasteiger partial charge is 0.478 e. The van der Waals surface area contributed by atoms with Crippen molar-refractivity contribution in [2.24, 2.45) is 0 Å². The van der Waals surface area contributed by atoms with E-state index in [0.29, 0.717) is 10.0 Å². The van der Waals surface area contributed by atoms with Crippen LogP contribution in [0.1, 0.15) is 10.4 Å². The number of carboxylic acids is 1. The highest BCUT2D eigenvalue weighted by atomic mass is 79.9. The Hall–Kier alpha value is -0.250. The second kappa shape index (κ2) is 4.70. The van der Waals surface area contributed by atoms with Gasteiger partial charge in [-0.2, -0.15) is 0 Å². The topological polar surface area (TPSA) is 37.3 Å². The number of rotatable bonds is 1. The van der Waals surface area contributed by atoms with Crippen molar-refractivity contribution in [1.82, 2.24) is 0 Å². The summed E-state index contributed by atoms with van der Waals surface area (Å²) in [5.74, 6) is -1.03. The van der Waals surface area contributed by atoms with Crippen LogP contribution in [-0.4, -0.2) is 11.1 Å². The molecule has 1 aromatic rings. The summed E-state index contributed by atoms with van der Waals surface area (Å²) in [6.07, 6.45) is 0. The van der Waals surface area contributed by atoms with Gasteiger partial charge in [0.05, 0.1) is 5.56 Å². The molecule has 0 saturated heterocycles. The lowest BCUT2D eigenvalue weighted by Gasteiger charge is -1.95. The lowest BCUT2D eigenvalue weighted by Crippen LogP contribution is -1.95. The van der Waals surface area contributed by atoms with Gasteiger partial charge in [-0.1, -0.05) is 23.2 Å². The summed E-state index contributed by atoms with van der Waals surface area (Å²) >= 11 is 11.1. The summed E-state index contributed by atoms with van der Waals surface area (Å²) in [5.41, 5.74) is 0.0995. The number of benzene rings is 1.